The number of piperazine rings is 1. The van der Waals surface area contributed by atoms with E-state index in [4.69, 9.17) is 0 Å². The summed E-state index contributed by atoms with van der Waals surface area (Å²) in [5.41, 5.74) is 2.36. The molecule has 7 nitrogen and oxygen atoms in total. The van der Waals surface area contributed by atoms with Crippen LogP contribution >= 0.6 is 0 Å². The van der Waals surface area contributed by atoms with Crippen molar-refractivity contribution in [1.29, 1.82) is 0 Å². The molecule has 0 aliphatic carbocycles. The molecule has 1 aromatic rings. The van der Waals surface area contributed by atoms with Gasteiger partial charge >= 0.3 is 5.97 Å². The SMILES string of the molecule is O=C(O)C1CCC2CN(C(=O)C3Cc4ccccc4CN3)CC(=O)N21. The molecule has 1 aromatic carbocycles. The van der Waals surface area contributed by atoms with Gasteiger partial charge in [-0.05, 0) is 30.4 Å². The molecule has 0 bridgehead atoms. The lowest BCUT2D eigenvalue weighted by Gasteiger charge is -2.40. The summed E-state index contributed by atoms with van der Waals surface area (Å²) in [5, 5.41) is 12.5. The van der Waals surface area contributed by atoms with Crippen molar-refractivity contribution in [2.45, 2.75) is 43.9 Å². The Labute approximate surface area is 145 Å². The first-order chi connectivity index (χ1) is 12.0. The molecule has 132 valence electrons. The van der Waals surface area contributed by atoms with Gasteiger partial charge in [-0.1, -0.05) is 24.3 Å². The van der Waals surface area contributed by atoms with Crippen molar-refractivity contribution in [1.82, 2.24) is 15.1 Å². The molecule has 2 N–H and O–H groups in total. The highest BCUT2D eigenvalue weighted by Gasteiger charge is 2.46. The monoisotopic (exact) mass is 343 g/mol. The van der Waals surface area contributed by atoms with E-state index in [-0.39, 0.29) is 30.4 Å². The standard InChI is InChI=1S/C18H21N3O4/c22-16-10-20(9-13-5-6-15(18(24)25)21(13)16)17(23)14-7-11-3-1-2-4-12(11)8-19-14/h1-4,13-15,19H,5-10H2,(H,24,25). The predicted octanol–water partition coefficient (Wildman–Crippen LogP) is -0.0127. The molecular weight excluding hydrogens is 322 g/mol. The summed E-state index contributed by atoms with van der Waals surface area (Å²) < 4.78 is 0. The maximum absolute atomic E-state index is 12.9. The van der Waals surface area contributed by atoms with E-state index in [1.165, 1.54) is 10.5 Å². The normalized spacial score (nSPS) is 28.5. The van der Waals surface area contributed by atoms with E-state index in [0.29, 0.717) is 32.4 Å². The lowest BCUT2D eigenvalue weighted by molar-refractivity contribution is -0.156. The topological polar surface area (TPSA) is 90.0 Å². The van der Waals surface area contributed by atoms with Crippen LogP contribution in [0.4, 0.5) is 0 Å². The van der Waals surface area contributed by atoms with Gasteiger partial charge in [0.1, 0.15) is 6.04 Å². The number of nitrogens with zero attached hydrogens (tertiary/aromatic N) is 2. The molecule has 3 aliphatic rings. The third-order valence-corrected chi connectivity index (χ3v) is 5.52. The van der Waals surface area contributed by atoms with Gasteiger partial charge in [-0.2, -0.15) is 0 Å². The summed E-state index contributed by atoms with van der Waals surface area (Å²) in [6.07, 6.45) is 1.71. The number of hydrogen-bond acceptors (Lipinski definition) is 4. The number of aliphatic carboxylic acids is 1. The highest BCUT2D eigenvalue weighted by molar-refractivity contribution is 5.91. The van der Waals surface area contributed by atoms with Gasteiger partial charge in [0.05, 0.1) is 18.6 Å². The minimum Gasteiger partial charge on any atom is -0.480 e. The number of hydrogen-bond donors (Lipinski definition) is 2. The third kappa shape index (κ3) is 2.78. The fourth-order valence-corrected chi connectivity index (χ4v) is 4.26. The van der Waals surface area contributed by atoms with Crippen LogP contribution in [0.5, 0.6) is 0 Å². The Morgan fingerprint density at radius 2 is 1.92 bits per heavy atom. The molecule has 3 aliphatic heterocycles. The number of carbonyl (C=O) groups is 3. The molecule has 2 saturated heterocycles. The summed E-state index contributed by atoms with van der Waals surface area (Å²) in [4.78, 5) is 39.7. The first-order valence-corrected chi connectivity index (χ1v) is 8.67. The van der Waals surface area contributed by atoms with E-state index < -0.39 is 12.0 Å². The van der Waals surface area contributed by atoms with Gasteiger partial charge < -0.3 is 20.2 Å². The summed E-state index contributed by atoms with van der Waals surface area (Å²) in [5.74, 6) is -1.28. The van der Waals surface area contributed by atoms with E-state index in [9.17, 15) is 19.5 Å². The van der Waals surface area contributed by atoms with Crippen molar-refractivity contribution in [2.24, 2.45) is 0 Å². The Bertz CT molecular complexity index is 735. The lowest BCUT2D eigenvalue weighted by atomic mass is 9.95. The molecule has 4 rings (SSSR count). The number of nitrogens with one attached hydrogen (secondary N) is 1. The molecule has 0 radical (unpaired) electrons. The second-order valence-electron chi connectivity index (χ2n) is 7.01. The van der Waals surface area contributed by atoms with E-state index in [1.807, 2.05) is 18.2 Å². The van der Waals surface area contributed by atoms with Crippen LogP contribution in [0.15, 0.2) is 24.3 Å². The van der Waals surface area contributed by atoms with Crippen LogP contribution in [0.2, 0.25) is 0 Å². The van der Waals surface area contributed by atoms with Crippen molar-refractivity contribution in [3.05, 3.63) is 35.4 Å². The van der Waals surface area contributed by atoms with Gasteiger partial charge in [-0.25, -0.2) is 4.79 Å². The number of benzene rings is 1. The first-order valence-electron chi connectivity index (χ1n) is 8.67. The fourth-order valence-electron chi connectivity index (χ4n) is 4.26. The molecule has 3 atom stereocenters. The van der Waals surface area contributed by atoms with Gasteiger partial charge in [0.15, 0.2) is 0 Å². The van der Waals surface area contributed by atoms with Crippen LogP contribution in [-0.4, -0.2) is 63.9 Å². The van der Waals surface area contributed by atoms with Crippen molar-refractivity contribution in [3.8, 4) is 0 Å². The average Bonchev–Trinajstić information content (AvgIpc) is 3.05. The molecule has 3 unspecified atom stereocenters. The molecule has 0 saturated carbocycles. The van der Waals surface area contributed by atoms with Crippen molar-refractivity contribution in [3.63, 3.8) is 0 Å². The van der Waals surface area contributed by atoms with Crippen LogP contribution < -0.4 is 5.32 Å². The fraction of sp³-hybridized carbons (Fsp3) is 0.500. The van der Waals surface area contributed by atoms with E-state index in [0.717, 1.165) is 5.56 Å². The highest BCUT2D eigenvalue weighted by Crippen LogP contribution is 2.29. The Morgan fingerprint density at radius 3 is 2.68 bits per heavy atom. The molecular formula is C18H21N3O4. The zero-order chi connectivity index (χ0) is 17.6. The Hall–Kier alpha value is -2.41. The van der Waals surface area contributed by atoms with Gasteiger partial charge in [0.2, 0.25) is 11.8 Å². The van der Waals surface area contributed by atoms with E-state index in [1.54, 1.807) is 4.90 Å². The number of fused-ring (bicyclic) bond motifs is 2. The van der Waals surface area contributed by atoms with Crippen LogP contribution in [0, 0.1) is 0 Å². The molecule has 25 heavy (non-hydrogen) atoms. The van der Waals surface area contributed by atoms with Crippen molar-refractivity contribution < 1.29 is 19.5 Å². The van der Waals surface area contributed by atoms with Crippen molar-refractivity contribution >= 4 is 17.8 Å². The smallest absolute Gasteiger partial charge is 0.326 e. The van der Waals surface area contributed by atoms with Gasteiger partial charge in [0.25, 0.3) is 0 Å². The minimum atomic E-state index is -0.957. The maximum atomic E-state index is 12.9. The van der Waals surface area contributed by atoms with Crippen molar-refractivity contribution in [2.75, 3.05) is 13.1 Å². The summed E-state index contributed by atoms with van der Waals surface area (Å²) >= 11 is 0. The molecule has 7 heteroatoms. The second kappa shape index (κ2) is 6.15. The number of carboxylic acid groups (broad SMARTS) is 1. The Kier molecular flexibility index (Phi) is 3.95. The zero-order valence-electron chi connectivity index (χ0n) is 13.9. The molecule has 3 heterocycles. The quantitative estimate of drug-likeness (QED) is 0.788. The van der Waals surface area contributed by atoms with E-state index >= 15 is 0 Å². The number of carboxylic acids is 1. The van der Waals surface area contributed by atoms with E-state index in [2.05, 4.69) is 11.4 Å². The number of amides is 2. The second-order valence-corrected chi connectivity index (χ2v) is 7.01. The molecule has 0 aromatic heterocycles. The first kappa shape index (κ1) is 16.1. The third-order valence-electron chi connectivity index (χ3n) is 5.52. The zero-order valence-corrected chi connectivity index (χ0v) is 13.9. The van der Waals surface area contributed by atoms with Crippen LogP contribution in [-0.2, 0) is 27.3 Å². The van der Waals surface area contributed by atoms with Crippen LogP contribution in [0.25, 0.3) is 0 Å². The summed E-state index contributed by atoms with van der Waals surface area (Å²) in [7, 11) is 0. The maximum Gasteiger partial charge on any atom is 0.326 e. The minimum absolute atomic E-state index is 0.0288. The molecule has 2 fully saturated rings. The lowest BCUT2D eigenvalue weighted by Crippen LogP contribution is -2.61. The van der Waals surface area contributed by atoms with Crippen LogP contribution in [0.1, 0.15) is 24.0 Å². The summed E-state index contributed by atoms with van der Waals surface area (Å²) in [6.45, 7) is 1.04. The van der Waals surface area contributed by atoms with Gasteiger partial charge in [-0.15, -0.1) is 0 Å². The largest absolute Gasteiger partial charge is 0.480 e. The predicted molar refractivity (Wildman–Crippen MR) is 88.6 cm³/mol. The molecule has 2 amide bonds. The van der Waals surface area contributed by atoms with Gasteiger partial charge in [-0.3, -0.25) is 9.59 Å². The van der Waals surface area contributed by atoms with Crippen LogP contribution in [0.3, 0.4) is 0 Å². The highest BCUT2D eigenvalue weighted by atomic mass is 16.4. The molecule has 0 spiro atoms. The average molecular weight is 343 g/mol. The number of carbonyl (C=O) groups excluding carboxylic acids is 2. The van der Waals surface area contributed by atoms with Gasteiger partial charge in [0, 0.05) is 13.1 Å². The summed E-state index contributed by atoms with van der Waals surface area (Å²) in [6, 6.07) is 6.80. The Balaban J connectivity index is 1.46. The number of rotatable bonds is 2. The Morgan fingerprint density at radius 1 is 1.16 bits per heavy atom.